The van der Waals surface area contributed by atoms with Gasteiger partial charge in [-0.2, -0.15) is 10.5 Å². The molecule has 0 bridgehead atoms. The summed E-state index contributed by atoms with van der Waals surface area (Å²) in [7, 11) is 0. The van der Waals surface area contributed by atoms with Crippen LogP contribution in [0.1, 0.15) is 20.3 Å². The Labute approximate surface area is 89.6 Å². The molecule has 0 fully saturated rings. The minimum atomic E-state index is -0.934. The van der Waals surface area contributed by atoms with Crippen LogP contribution < -0.4 is 5.32 Å². The molecule has 0 aliphatic carbocycles. The lowest BCUT2D eigenvalue weighted by Gasteiger charge is -2.19. The smallest absolute Gasteiger partial charge is 0.323 e. The van der Waals surface area contributed by atoms with Gasteiger partial charge in [0.05, 0.1) is 12.1 Å². The molecule has 15 heavy (non-hydrogen) atoms. The van der Waals surface area contributed by atoms with Gasteiger partial charge in [-0.1, -0.05) is 6.58 Å². The van der Waals surface area contributed by atoms with E-state index in [1.54, 1.807) is 19.9 Å². The molecule has 0 rings (SSSR count). The molecule has 0 saturated carbocycles. The molecule has 0 spiro atoms. The summed E-state index contributed by atoms with van der Waals surface area (Å²) in [6.45, 7) is 6.65. The van der Waals surface area contributed by atoms with Crippen LogP contribution in [-0.4, -0.2) is 23.2 Å². The maximum Gasteiger partial charge on any atom is 0.323 e. The maximum absolute atomic E-state index is 10.5. The van der Waals surface area contributed by atoms with Crippen molar-refractivity contribution in [2.24, 2.45) is 0 Å². The monoisotopic (exact) mass is 209 g/mol. The number of carboxylic acids is 1. The second-order valence-corrected chi connectivity index (χ2v) is 3.10. The Morgan fingerprint density at radius 3 is 2.33 bits per heavy atom. The van der Waals surface area contributed by atoms with Crippen molar-refractivity contribution < 1.29 is 9.90 Å². The summed E-state index contributed by atoms with van der Waals surface area (Å²) in [5, 5.41) is 27.0. The Bertz CT molecular complexity index is 284. The van der Waals surface area contributed by atoms with E-state index in [1.165, 1.54) is 6.08 Å². The summed E-state index contributed by atoms with van der Waals surface area (Å²) in [4.78, 5) is 10.5. The largest absolute Gasteiger partial charge is 0.480 e. The minimum Gasteiger partial charge on any atom is -0.480 e. The first-order valence-electron chi connectivity index (χ1n) is 4.28. The fourth-order valence-corrected chi connectivity index (χ4v) is 0.507. The molecule has 0 heterocycles. The third-order valence-corrected chi connectivity index (χ3v) is 1.43. The van der Waals surface area contributed by atoms with Gasteiger partial charge in [0.15, 0.2) is 0 Å². The van der Waals surface area contributed by atoms with Crippen molar-refractivity contribution in [1.29, 1.82) is 10.5 Å². The number of nitrogens with one attached hydrogen (secondary N) is 1. The molecule has 0 saturated heterocycles. The van der Waals surface area contributed by atoms with Crippen LogP contribution >= 0.6 is 0 Å². The quantitative estimate of drug-likeness (QED) is 0.532. The molecule has 0 amide bonds. The average Bonchev–Trinajstić information content (AvgIpc) is 2.18. The van der Waals surface area contributed by atoms with Crippen LogP contribution in [0.2, 0.25) is 0 Å². The first kappa shape index (κ1) is 15.6. The first-order valence-corrected chi connectivity index (χ1v) is 4.28. The average molecular weight is 209 g/mol. The van der Waals surface area contributed by atoms with Gasteiger partial charge in [-0.3, -0.25) is 4.79 Å². The Morgan fingerprint density at radius 1 is 1.60 bits per heavy atom. The first-order chi connectivity index (χ1) is 6.92. The Morgan fingerprint density at radius 2 is 2.07 bits per heavy atom. The summed E-state index contributed by atoms with van der Waals surface area (Å²) < 4.78 is 0. The second-order valence-electron chi connectivity index (χ2n) is 3.10. The van der Waals surface area contributed by atoms with Gasteiger partial charge in [-0.15, -0.1) is 0 Å². The van der Waals surface area contributed by atoms with Crippen molar-refractivity contribution in [3.05, 3.63) is 12.7 Å². The van der Waals surface area contributed by atoms with Crippen LogP contribution in [0.25, 0.3) is 0 Å². The predicted octanol–water partition coefficient (Wildman–Crippen LogP) is 1.05. The standard InChI is InChI=1S/C7H12N2O2.C3H3N/c1-7(2,6(10)11)9-5-3-4-8;1-2-3-4/h9H,3,5H2,1-2H3,(H,10,11);2H,1H2. The van der Waals surface area contributed by atoms with Crippen molar-refractivity contribution >= 4 is 5.97 Å². The molecular weight excluding hydrogens is 194 g/mol. The van der Waals surface area contributed by atoms with Gasteiger partial charge in [-0.25, -0.2) is 0 Å². The van der Waals surface area contributed by atoms with Gasteiger partial charge in [-0.05, 0) is 13.8 Å². The predicted molar refractivity (Wildman–Crippen MR) is 55.8 cm³/mol. The number of carbonyl (C=O) groups is 1. The third kappa shape index (κ3) is 10.1. The Hall–Kier alpha value is -1.85. The maximum atomic E-state index is 10.5. The number of hydrogen-bond acceptors (Lipinski definition) is 4. The van der Waals surface area contributed by atoms with Gasteiger partial charge < -0.3 is 10.4 Å². The van der Waals surface area contributed by atoms with Crippen molar-refractivity contribution in [2.75, 3.05) is 6.54 Å². The lowest BCUT2D eigenvalue weighted by molar-refractivity contribution is -0.143. The highest BCUT2D eigenvalue weighted by Gasteiger charge is 2.25. The van der Waals surface area contributed by atoms with E-state index in [0.717, 1.165) is 0 Å². The topological polar surface area (TPSA) is 96.9 Å². The van der Waals surface area contributed by atoms with Crippen LogP contribution in [0.3, 0.4) is 0 Å². The van der Waals surface area contributed by atoms with Crippen LogP contribution in [-0.2, 0) is 4.79 Å². The molecule has 0 aromatic rings. The number of nitriles is 2. The van der Waals surface area contributed by atoms with Crippen molar-refractivity contribution in [3.8, 4) is 12.1 Å². The van der Waals surface area contributed by atoms with Gasteiger partial charge in [0.1, 0.15) is 5.54 Å². The molecular formula is C10H15N3O2. The molecule has 82 valence electrons. The number of rotatable bonds is 4. The number of hydrogen-bond donors (Lipinski definition) is 2. The third-order valence-electron chi connectivity index (χ3n) is 1.43. The zero-order valence-corrected chi connectivity index (χ0v) is 8.95. The molecule has 2 N–H and O–H groups in total. The van der Waals surface area contributed by atoms with E-state index >= 15 is 0 Å². The molecule has 0 atom stereocenters. The van der Waals surface area contributed by atoms with E-state index < -0.39 is 11.5 Å². The fraction of sp³-hybridized carbons (Fsp3) is 0.500. The zero-order valence-electron chi connectivity index (χ0n) is 8.95. The van der Waals surface area contributed by atoms with Crippen LogP contribution in [0.5, 0.6) is 0 Å². The summed E-state index contributed by atoms with van der Waals surface area (Å²) in [6.07, 6.45) is 1.51. The molecule has 0 aromatic carbocycles. The van der Waals surface area contributed by atoms with Gasteiger partial charge in [0.25, 0.3) is 0 Å². The highest BCUT2D eigenvalue weighted by atomic mass is 16.4. The molecule has 0 aliphatic heterocycles. The number of aliphatic carboxylic acids is 1. The van der Waals surface area contributed by atoms with Gasteiger partial charge >= 0.3 is 5.97 Å². The Balaban J connectivity index is 0. The van der Waals surface area contributed by atoms with Crippen LogP contribution in [0.15, 0.2) is 12.7 Å². The normalized spacial score (nSPS) is 8.80. The molecule has 5 heteroatoms. The second kappa shape index (κ2) is 8.74. The lowest BCUT2D eigenvalue weighted by atomic mass is 10.1. The van der Waals surface area contributed by atoms with E-state index in [1.807, 2.05) is 6.07 Å². The summed E-state index contributed by atoms with van der Waals surface area (Å²) in [5.74, 6) is -0.907. The van der Waals surface area contributed by atoms with Crippen LogP contribution in [0.4, 0.5) is 0 Å². The van der Waals surface area contributed by atoms with E-state index in [0.29, 0.717) is 13.0 Å². The van der Waals surface area contributed by atoms with E-state index in [9.17, 15) is 4.79 Å². The fourth-order valence-electron chi connectivity index (χ4n) is 0.507. The van der Waals surface area contributed by atoms with E-state index in [2.05, 4.69) is 11.9 Å². The highest BCUT2D eigenvalue weighted by molar-refractivity contribution is 5.77. The van der Waals surface area contributed by atoms with Gasteiger partial charge in [0.2, 0.25) is 0 Å². The summed E-state index contributed by atoms with van der Waals surface area (Å²) in [6, 6.07) is 3.62. The zero-order chi connectivity index (χ0) is 12.3. The molecule has 0 aromatic heterocycles. The minimum absolute atomic E-state index is 0.330. The number of nitrogens with zero attached hydrogens (tertiary/aromatic N) is 2. The SMILES string of the molecule is C=CC#N.CC(C)(NCCC#N)C(=O)O. The summed E-state index contributed by atoms with van der Waals surface area (Å²) >= 11 is 0. The van der Waals surface area contributed by atoms with E-state index in [4.69, 9.17) is 15.6 Å². The number of carboxylic acid groups (broad SMARTS) is 1. The van der Waals surface area contributed by atoms with Crippen molar-refractivity contribution in [3.63, 3.8) is 0 Å². The van der Waals surface area contributed by atoms with Crippen molar-refractivity contribution in [2.45, 2.75) is 25.8 Å². The van der Waals surface area contributed by atoms with E-state index in [-0.39, 0.29) is 0 Å². The van der Waals surface area contributed by atoms with Crippen molar-refractivity contribution in [1.82, 2.24) is 5.32 Å². The molecule has 0 aliphatic rings. The Kier molecular flexibility index (Phi) is 9.09. The molecule has 5 nitrogen and oxygen atoms in total. The lowest BCUT2D eigenvalue weighted by Crippen LogP contribution is -2.46. The van der Waals surface area contributed by atoms with Crippen LogP contribution in [0, 0.1) is 22.7 Å². The summed E-state index contributed by atoms with van der Waals surface area (Å²) in [5.41, 5.74) is -0.934. The molecule has 0 radical (unpaired) electrons. The molecule has 0 unspecified atom stereocenters. The van der Waals surface area contributed by atoms with Gasteiger partial charge in [0, 0.05) is 19.0 Å². The number of allylic oxidation sites excluding steroid dienone is 1. The highest BCUT2D eigenvalue weighted by Crippen LogP contribution is 2.00.